The van der Waals surface area contributed by atoms with Crippen molar-refractivity contribution < 1.29 is 9.15 Å². The first-order valence-corrected chi connectivity index (χ1v) is 7.31. The Morgan fingerprint density at radius 2 is 2.16 bits per heavy atom. The Morgan fingerprint density at radius 3 is 2.79 bits per heavy atom. The van der Waals surface area contributed by atoms with Gasteiger partial charge in [-0.1, -0.05) is 25.4 Å². The summed E-state index contributed by atoms with van der Waals surface area (Å²) in [6.45, 7) is 5.39. The molecule has 0 aliphatic heterocycles. The summed E-state index contributed by atoms with van der Waals surface area (Å²) in [5, 5.41) is 5.04. The van der Waals surface area contributed by atoms with Crippen LogP contribution in [0.5, 0.6) is 0 Å². The molecule has 0 unspecified atom stereocenters. The van der Waals surface area contributed by atoms with Gasteiger partial charge in [0.15, 0.2) is 0 Å². The van der Waals surface area contributed by atoms with Gasteiger partial charge in [-0.25, -0.2) is 0 Å². The van der Waals surface area contributed by atoms with E-state index >= 15 is 0 Å². The summed E-state index contributed by atoms with van der Waals surface area (Å²) in [4.78, 5) is 0. The molecule has 0 saturated heterocycles. The van der Waals surface area contributed by atoms with Crippen molar-refractivity contribution in [2.45, 2.75) is 33.0 Å². The molecule has 0 radical (unpaired) electrons. The molecule has 1 aromatic heterocycles. The lowest BCUT2D eigenvalue weighted by molar-refractivity contribution is 0.183. The number of hydrogen-bond acceptors (Lipinski definition) is 3. The molecule has 2 aromatic rings. The molecule has 0 fully saturated rings. The van der Waals surface area contributed by atoms with E-state index in [0.717, 1.165) is 26.8 Å². The monoisotopic (exact) mass is 345 g/mol. The predicted octanol–water partition coefficient (Wildman–Crippen LogP) is 4.49. The number of halogens is 2. The molecule has 0 atom stereocenters. The minimum atomic E-state index is 0.399. The Balaban J connectivity index is 2.50. The second-order valence-corrected chi connectivity index (χ2v) is 6.03. The maximum Gasteiger partial charge on any atom is 0.149 e. The van der Waals surface area contributed by atoms with E-state index in [1.807, 2.05) is 12.1 Å². The van der Waals surface area contributed by atoms with Crippen LogP contribution in [-0.2, 0) is 17.9 Å². The summed E-state index contributed by atoms with van der Waals surface area (Å²) in [5.41, 5.74) is 1.87. The lowest BCUT2D eigenvalue weighted by Crippen LogP contribution is -2.22. The molecule has 0 amide bonds. The van der Waals surface area contributed by atoms with Crippen molar-refractivity contribution in [1.29, 1.82) is 0 Å². The first-order valence-electron chi connectivity index (χ1n) is 6.14. The van der Waals surface area contributed by atoms with Gasteiger partial charge >= 0.3 is 0 Å². The van der Waals surface area contributed by atoms with Gasteiger partial charge in [-0.05, 0) is 28.1 Å². The van der Waals surface area contributed by atoms with Gasteiger partial charge in [0.25, 0.3) is 0 Å². The molecule has 104 valence electrons. The lowest BCUT2D eigenvalue weighted by atomic mass is 10.1. The van der Waals surface area contributed by atoms with Gasteiger partial charge in [-0.2, -0.15) is 0 Å². The molecule has 0 saturated carbocycles. The molecule has 1 heterocycles. The second kappa shape index (κ2) is 6.27. The number of hydrogen-bond donors (Lipinski definition) is 1. The van der Waals surface area contributed by atoms with Crippen molar-refractivity contribution in [1.82, 2.24) is 5.32 Å². The summed E-state index contributed by atoms with van der Waals surface area (Å²) in [6, 6.07) is 4.15. The SMILES string of the molecule is COCc1c(CNC(C)C)oc2c(Br)cc(Cl)cc12. The number of fused-ring (bicyclic) bond motifs is 1. The fraction of sp³-hybridized carbons (Fsp3) is 0.429. The van der Waals surface area contributed by atoms with Crippen molar-refractivity contribution in [2.24, 2.45) is 0 Å². The Morgan fingerprint density at radius 1 is 1.42 bits per heavy atom. The number of furan rings is 1. The van der Waals surface area contributed by atoms with Crippen molar-refractivity contribution >= 4 is 38.5 Å². The average Bonchev–Trinajstić information content (AvgIpc) is 2.66. The summed E-state index contributed by atoms with van der Waals surface area (Å²) in [5.74, 6) is 0.897. The van der Waals surface area contributed by atoms with Crippen LogP contribution in [0.2, 0.25) is 5.02 Å². The number of methoxy groups -OCH3 is 1. The van der Waals surface area contributed by atoms with Crippen LogP contribution < -0.4 is 5.32 Å². The van der Waals surface area contributed by atoms with Gasteiger partial charge in [0.05, 0.1) is 17.6 Å². The van der Waals surface area contributed by atoms with Gasteiger partial charge in [0.2, 0.25) is 0 Å². The van der Waals surface area contributed by atoms with Crippen molar-refractivity contribution in [3.8, 4) is 0 Å². The van der Waals surface area contributed by atoms with Crippen LogP contribution in [0.4, 0.5) is 0 Å². The molecule has 0 aliphatic rings. The maximum atomic E-state index is 6.10. The fourth-order valence-corrected chi connectivity index (χ4v) is 2.86. The number of benzene rings is 1. The van der Waals surface area contributed by atoms with E-state index in [2.05, 4.69) is 35.1 Å². The van der Waals surface area contributed by atoms with E-state index in [4.69, 9.17) is 20.8 Å². The molecule has 1 aromatic carbocycles. The molecular formula is C14H17BrClNO2. The van der Waals surface area contributed by atoms with Gasteiger partial charge in [0.1, 0.15) is 11.3 Å². The first kappa shape index (κ1) is 14.9. The largest absolute Gasteiger partial charge is 0.458 e. The van der Waals surface area contributed by atoms with Gasteiger partial charge < -0.3 is 14.5 Å². The van der Waals surface area contributed by atoms with Crippen LogP contribution in [0.1, 0.15) is 25.2 Å². The van der Waals surface area contributed by atoms with Crippen molar-refractivity contribution in [3.05, 3.63) is 33.0 Å². The molecule has 2 rings (SSSR count). The van der Waals surface area contributed by atoms with Crippen LogP contribution in [0, 0.1) is 0 Å². The zero-order valence-corrected chi connectivity index (χ0v) is 13.6. The summed E-state index contributed by atoms with van der Waals surface area (Å²) >= 11 is 9.59. The van der Waals surface area contributed by atoms with E-state index in [0.29, 0.717) is 24.2 Å². The normalized spacial score (nSPS) is 11.7. The highest BCUT2D eigenvalue weighted by atomic mass is 79.9. The first-order chi connectivity index (χ1) is 9.02. The highest BCUT2D eigenvalue weighted by Gasteiger charge is 2.17. The van der Waals surface area contributed by atoms with Crippen LogP contribution in [0.15, 0.2) is 21.0 Å². The maximum absolute atomic E-state index is 6.10. The lowest BCUT2D eigenvalue weighted by Gasteiger charge is -2.07. The second-order valence-electron chi connectivity index (χ2n) is 4.74. The number of rotatable bonds is 5. The molecule has 19 heavy (non-hydrogen) atoms. The van der Waals surface area contributed by atoms with E-state index in [9.17, 15) is 0 Å². The number of ether oxygens (including phenoxy) is 1. The topological polar surface area (TPSA) is 34.4 Å². The van der Waals surface area contributed by atoms with Crippen LogP contribution in [0.25, 0.3) is 11.0 Å². The smallest absolute Gasteiger partial charge is 0.149 e. The Labute approximate surface area is 126 Å². The van der Waals surface area contributed by atoms with Crippen molar-refractivity contribution in [3.63, 3.8) is 0 Å². The van der Waals surface area contributed by atoms with Gasteiger partial charge in [-0.3, -0.25) is 0 Å². The molecule has 1 N–H and O–H groups in total. The van der Waals surface area contributed by atoms with E-state index in [-0.39, 0.29) is 0 Å². The predicted molar refractivity (Wildman–Crippen MR) is 81.6 cm³/mol. The highest BCUT2D eigenvalue weighted by molar-refractivity contribution is 9.10. The minimum absolute atomic E-state index is 0.399. The van der Waals surface area contributed by atoms with E-state index in [1.165, 1.54) is 0 Å². The number of nitrogens with one attached hydrogen (secondary N) is 1. The van der Waals surface area contributed by atoms with Crippen LogP contribution >= 0.6 is 27.5 Å². The third-order valence-corrected chi connectivity index (χ3v) is 3.66. The Hall–Kier alpha value is -0.550. The van der Waals surface area contributed by atoms with Crippen LogP contribution in [0.3, 0.4) is 0 Å². The molecular weight excluding hydrogens is 330 g/mol. The third kappa shape index (κ3) is 3.31. The molecule has 0 aliphatic carbocycles. The van der Waals surface area contributed by atoms with E-state index in [1.54, 1.807) is 7.11 Å². The average molecular weight is 347 g/mol. The zero-order valence-electron chi connectivity index (χ0n) is 11.2. The van der Waals surface area contributed by atoms with Crippen molar-refractivity contribution in [2.75, 3.05) is 7.11 Å². The summed E-state index contributed by atoms with van der Waals surface area (Å²) in [7, 11) is 1.68. The molecule has 0 bridgehead atoms. The quantitative estimate of drug-likeness (QED) is 0.866. The zero-order chi connectivity index (χ0) is 14.0. The molecule has 5 heteroatoms. The highest BCUT2D eigenvalue weighted by Crippen LogP contribution is 2.34. The molecule has 0 spiro atoms. The van der Waals surface area contributed by atoms with Crippen LogP contribution in [-0.4, -0.2) is 13.2 Å². The van der Waals surface area contributed by atoms with Gasteiger partial charge in [-0.15, -0.1) is 0 Å². The Bertz CT molecular complexity index is 580. The summed E-state index contributed by atoms with van der Waals surface area (Å²) in [6.07, 6.45) is 0. The fourth-order valence-electron chi connectivity index (χ4n) is 1.97. The van der Waals surface area contributed by atoms with E-state index < -0.39 is 0 Å². The minimum Gasteiger partial charge on any atom is -0.458 e. The third-order valence-electron chi connectivity index (χ3n) is 2.85. The standard InChI is InChI=1S/C14H17BrClNO2/c1-8(2)17-6-13-11(7-18-3)10-4-9(16)5-12(15)14(10)19-13/h4-5,8,17H,6-7H2,1-3H3. The molecule has 3 nitrogen and oxygen atoms in total. The summed E-state index contributed by atoms with van der Waals surface area (Å²) < 4.78 is 12.1. The Kier molecular flexibility index (Phi) is 4.90. The van der Waals surface area contributed by atoms with Gasteiger partial charge in [0, 0.05) is 29.1 Å².